The third kappa shape index (κ3) is 3.42. The number of rotatable bonds is 6. The van der Waals surface area contributed by atoms with Gasteiger partial charge in [0.2, 0.25) is 0 Å². The molecule has 5 nitrogen and oxygen atoms in total. The second-order valence-corrected chi connectivity index (χ2v) is 5.24. The van der Waals surface area contributed by atoms with Gasteiger partial charge in [0.05, 0.1) is 24.3 Å². The lowest BCUT2D eigenvalue weighted by molar-refractivity contribution is -0.120. The van der Waals surface area contributed by atoms with Gasteiger partial charge >= 0.3 is 0 Å². The minimum Gasteiger partial charge on any atom is -0.380 e. The third-order valence-corrected chi connectivity index (χ3v) is 3.87. The lowest BCUT2D eigenvalue weighted by Crippen LogP contribution is -2.32. The van der Waals surface area contributed by atoms with E-state index in [1.165, 1.54) is 0 Å². The number of carbonyl (C=O) groups is 1. The molecular formula is C14H23N3O2. The van der Waals surface area contributed by atoms with Crippen molar-refractivity contribution in [3.8, 4) is 0 Å². The first-order chi connectivity index (χ1) is 9.13. The molecule has 3 unspecified atom stereocenters. The van der Waals surface area contributed by atoms with Crippen LogP contribution in [-0.4, -0.2) is 41.4 Å². The molecule has 1 fully saturated rings. The molecule has 0 aliphatic carbocycles. The summed E-state index contributed by atoms with van der Waals surface area (Å²) in [5.74, 6) is 0.203. The summed E-state index contributed by atoms with van der Waals surface area (Å²) in [5, 5.41) is 7.68. The van der Waals surface area contributed by atoms with E-state index in [1.807, 2.05) is 16.9 Å². The van der Waals surface area contributed by atoms with Crippen LogP contribution in [0, 0.1) is 0 Å². The molecule has 0 amide bonds. The summed E-state index contributed by atoms with van der Waals surface area (Å²) in [6, 6.07) is 2.23. The average molecular weight is 265 g/mol. The van der Waals surface area contributed by atoms with Crippen molar-refractivity contribution in [1.82, 2.24) is 15.1 Å². The molecule has 1 N–H and O–H groups in total. The molecule has 2 rings (SSSR count). The van der Waals surface area contributed by atoms with Gasteiger partial charge in [-0.1, -0.05) is 6.92 Å². The maximum atomic E-state index is 12.2. The van der Waals surface area contributed by atoms with E-state index in [1.54, 1.807) is 7.11 Å². The molecular weight excluding hydrogens is 242 g/mol. The normalized spacial score (nSPS) is 24.6. The lowest BCUT2D eigenvalue weighted by atomic mass is 10.1. The van der Waals surface area contributed by atoms with E-state index < -0.39 is 0 Å². The van der Waals surface area contributed by atoms with Gasteiger partial charge in [0.25, 0.3) is 0 Å². The van der Waals surface area contributed by atoms with Crippen LogP contribution < -0.4 is 5.32 Å². The topological polar surface area (TPSA) is 56.1 Å². The Balaban J connectivity index is 1.90. The van der Waals surface area contributed by atoms with Gasteiger partial charge in [0.15, 0.2) is 5.78 Å². The molecule has 0 radical (unpaired) electrons. The second-order valence-electron chi connectivity index (χ2n) is 5.24. The maximum Gasteiger partial charge on any atom is 0.155 e. The fraction of sp³-hybridized carbons (Fsp3) is 0.714. The Morgan fingerprint density at radius 1 is 1.68 bits per heavy atom. The third-order valence-electron chi connectivity index (χ3n) is 3.87. The van der Waals surface area contributed by atoms with Crippen molar-refractivity contribution in [2.75, 3.05) is 13.7 Å². The monoisotopic (exact) mass is 265 g/mol. The minimum absolute atomic E-state index is 0.0845. The number of nitrogens with one attached hydrogen (secondary N) is 1. The summed E-state index contributed by atoms with van der Waals surface area (Å²) >= 11 is 0. The molecule has 1 aliphatic rings. The highest BCUT2D eigenvalue weighted by molar-refractivity contribution is 5.86. The Kier molecular flexibility index (Phi) is 4.71. The van der Waals surface area contributed by atoms with Crippen LogP contribution in [0.25, 0.3) is 0 Å². The zero-order valence-electron chi connectivity index (χ0n) is 11.9. The van der Waals surface area contributed by atoms with Crippen LogP contribution in [0.2, 0.25) is 0 Å². The summed E-state index contributed by atoms with van der Waals surface area (Å²) in [7, 11) is 1.69. The number of ether oxygens (including phenoxy) is 1. The van der Waals surface area contributed by atoms with Gasteiger partial charge in [0, 0.05) is 25.9 Å². The van der Waals surface area contributed by atoms with E-state index >= 15 is 0 Å². The summed E-state index contributed by atoms with van der Waals surface area (Å²) < 4.78 is 7.19. The molecule has 2 heterocycles. The fourth-order valence-corrected chi connectivity index (χ4v) is 2.33. The van der Waals surface area contributed by atoms with Gasteiger partial charge < -0.3 is 10.1 Å². The standard InChI is InChI=1S/C14H23N3O2/c1-4-10(2)17-6-5-11(16-17)7-14(18)13-8-12(19-3)9-15-13/h5-6,10,12-13,15H,4,7-9H2,1-3H3. The van der Waals surface area contributed by atoms with Gasteiger partial charge in [-0.15, -0.1) is 0 Å². The van der Waals surface area contributed by atoms with Gasteiger partial charge in [-0.05, 0) is 25.8 Å². The highest BCUT2D eigenvalue weighted by Crippen LogP contribution is 2.14. The first-order valence-electron chi connectivity index (χ1n) is 6.97. The number of ketones is 1. The molecule has 1 aromatic rings. The highest BCUT2D eigenvalue weighted by atomic mass is 16.5. The van der Waals surface area contributed by atoms with E-state index in [0.717, 1.165) is 25.1 Å². The molecule has 0 bridgehead atoms. The van der Waals surface area contributed by atoms with Crippen LogP contribution in [0.3, 0.4) is 0 Å². The Hall–Kier alpha value is -1.20. The zero-order valence-corrected chi connectivity index (χ0v) is 11.9. The minimum atomic E-state index is -0.0845. The number of carbonyl (C=O) groups excluding carboxylic acids is 1. The molecule has 19 heavy (non-hydrogen) atoms. The molecule has 106 valence electrons. The van der Waals surface area contributed by atoms with Crippen LogP contribution in [0.4, 0.5) is 0 Å². The quantitative estimate of drug-likeness (QED) is 0.843. The number of hydrogen-bond donors (Lipinski definition) is 1. The number of aromatic nitrogens is 2. The molecule has 0 saturated carbocycles. The van der Waals surface area contributed by atoms with Gasteiger partial charge in [-0.3, -0.25) is 9.48 Å². The van der Waals surface area contributed by atoms with Crippen LogP contribution in [0.5, 0.6) is 0 Å². The molecule has 0 spiro atoms. The Bertz CT molecular complexity index is 430. The molecule has 5 heteroatoms. The van der Waals surface area contributed by atoms with E-state index in [9.17, 15) is 4.79 Å². The first-order valence-corrected chi connectivity index (χ1v) is 6.97. The molecule has 1 saturated heterocycles. The van der Waals surface area contributed by atoms with Crippen LogP contribution in [0.15, 0.2) is 12.3 Å². The van der Waals surface area contributed by atoms with Crippen molar-refractivity contribution in [3.05, 3.63) is 18.0 Å². The SMILES string of the molecule is CCC(C)n1ccc(CC(=O)C2CC(OC)CN2)n1. The van der Waals surface area contributed by atoms with Gasteiger partial charge in [-0.2, -0.15) is 5.10 Å². The lowest BCUT2D eigenvalue weighted by Gasteiger charge is -2.09. The largest absolute Gasteiger partial charge is 0.380 e. The second kappa shape index (κ2) is 6.30. The van der Waals surface area contributed by atoms with Crippen molar-refractivity contribution >= 4 is 5.78 Å². The molecule has 0 aromatic carbocycles. The van der Waals surface area contributed by atoms with Crippen molar-refractivity contribution in [1.29, 1.82) is 0 Å². The summed E-state index contributed by atoms with van der Waals surface area (Å²) in [6.45, 7) is 5.01. The van der Waals surface area contributed by atoms with Gasteiger partial charge in [0.1, 0.15) is 0 Å². The van der Waals surface area contributed by atoms with Crippen molar-refractivity contribution < 1.29 is 9.53 Å². The average Bonchev–Trinajstić information content (AvgIpc) is 3.06. The number of hydrogen-bond acceptors (Lipinski definition) is 4. The number of nitrogens with zero attached hydrogens (tertiary/aromatic N) is 2. The van der Waals surface area contributed by atoms with Crippen molar-refractivity contribution in [2.45, 2.75) is 51.3 Å². The summed E-state index contributed by atoms with van der Waals surface area (Å²) in [5.41, 5.74) is 0.855. The van der Waals surface area contributed by atoms with Crippen LogP contribution in [0.1, 0.15) is 38.4 Å². The number of methoxy groups -OCH3 is 1. The first kappa shape index (κ1) is 14.2. The predicted octanol–water partition coefficient (Wildman–Crippen LogP) is 1.34. The summed E-state index contributed by atoms with van der Waals surface area (Å²) in [4.78, 5) is 12.2. The number of Topliss-reactive ketones (excluding diaryl/α,β-unsaturated/α-hetero) is 1. The van der Waals surface area contributed by atoms with E-state index in [2.05, 4.69) is 24.3 Å². The zero-order chi connectivity index (χ0) is 13.8. The maximum absolute atomic E-state index is 12.2. The molecule has 1 aliphatic heterocycles. The van der Waals surface area contributed by atoms with Crippen molar-refractivity contribution in [2.24, 2.45) is 0 Å². The Morgan fingerprint density at radius 2 is 2.47 bits per heavy atom. The van der Waals surface area contributed by atoms with Crippen LogP contribution in [-0.2, 0) is 16.0 Å². The van der Waals surface area contributed by atoms with Crippen LogP contribution >= 0.6 is 0 Å². The summed E-state index contributed by atoms with van der Waals surface area (Å²) in [6.07, 6.45) is 4.32. The fourth-order valence-electron chi connectivity index (χ4n) is 2.33. The predicted molar refractivity (Wildman–Crippen MR) is 73.1 cm³/mol. The Labute approximate surface area is 114 Å². The van der Waals surface area contributed by atoms with E-state index in [0.29, 0.717) is 12.5 Å². The van der Waals surface area contributed by atoms with Gasteiger partial charge in [-0.25, -0.2) is 0 Å². The molecule has 1 aromatic heterocycles. The van der Waals surface area contributed by atoms with Crippen molar-refractivity contribution in [3.63, 3.8) is 0 Å². The van der Waals surface area contributed by atoms with E-state index in [4.69, 9.17) is 4.74 Å². The smallest absolute Gasteiger partial charge is 0.155 e. The molecule has 3 atom stereocenters. The Morgan fingerprint density at radius 3 is 3.11 bits per heavy atom. The van der Waals surface area contributed by atoms with E-state index in [-0.39, 0.29) is 17.9 Å². The highest BCUT2D eigenvalue weighted by Gasteiger charge is 2.29.